The van der Waals surface area contributed by atoms with Gasteiger partial charge in [-0.3, -0.25) is 0 Å². The van der Waals surface area contributed by atoms with Crippen LogP contribution in [-0.4, -0.2) is 10.9 Å². The SMILES string of the molecule is O=CC1CCCn2cccc21. The molecule has 1 aliphatic heterocycles. The Morgan fingerprint density at radius 3 is 3.36 bits per heavy atom. The van der Waals surface area contributed by atoms with E-state index in [4.69, 9.17) is 0 Å². The maximum atomic E-state index is 10.6. The molecule has 1 aromatic heterocycles. The first-order valence-corrected chi connectivity index (χ1v) is 4.02. The predicted molar refractivity (Wildman–Crippen MR) is 42.5 cm³/mol. The number of aromatic nitrogens is 1. The lowest BCUT2D eigenvalue weighted by Gasteiger charge is -2.19. The van der Waals surface area contributed by atoms with Crippen LogP contribution in [0, 0.1) is 0 Å². The van der Waals surface area contributed by atoms with Crippen molar-refractivity contribution < 1.29 is 4.79 Å². The molecule has 1 atom stereocenters. The smallest absolute Gasteiger partial charge is 0.128 e. The highest BCUT2D eigenvalue weighted by Crippen LogP contribution is 2.25. The van der Waals surface area contributed by atoms with Gasteiger partial charge in [-0.25, -0.2) is 0 Å². The third-order valence-corrected chi connectivity index (χ3v) is 2.32. The van der Waals surface area contributed by atoms with Crippen LogP contribution in [-0.2, 0) is 11.3 Å². The van der Waals surface area contributed by atoms with Gasteiger partial charge in [-0.05, 0) is 25.0 Å². The number of hydrogen-bond donors (Lipinski definition) is 0. The van der Waals surface area contributed by atoms with Gasteiger partial charge in [0.1, 0.15) is 6.29 Å². The van der Waals surface area contributed by atoms with Crippen molar-refractivity contribution in [2.24, 2.45) is 0 Å². The first-order chi connectivity index (χ1) is 5.42. The Balaban J connectivity index is 2.39. The molecule has 2 heterocycles. The zero-order valence-corrected chi connectivity index (χ0v) is 6.36. The summed E-state index contributed by atoms with van der Waals surface area (Å²) in [6, 6.07) is 4.05. The van der Waals surface area contributed by atoms with Gasteiger partial charge < -0.3 is 9.36 Å². The molecule has 0 saturated carbocycles. The zero-order valence-electron chi connectivity index (χ0n) is 6.36. The van der Waals surface area contributed by atoms with Crippen molar-refractivity contribution >= 4 is 6.29 Å². The molecule has 1 aromatic rings. The lowest BCUT2D eigenvalue weighted by atomic mass is 9.98. The van der Waals surface area contributed by atoms with E-state index in [1.807, 2.05) is 18.3 Å². The standard InChI is InChI=1S/C9H11NO/c11-7-8-3-1-5-10-6-2-4-9(8)10/h2,4,6-8H,1,3,5H2. The van der Waals surface area contributed by atoms with E-state index in [0.29, 0.717) is 0 Å². The Morgan fingerprint density at radius 2 is 2.55 bits per heavy atom. The van der Waals surface area contributed by atoms with Crippen LogP contribution in [0.15, 0.2) is 18.3 Å². The summed E-state index contributed by atoms with van der Waals surface area (Å²) in [6.45, 7) is 1.08. The minimum absolute atomic E-state index is 0.152. The number of fused-ring (bicyclic) bond motifs is 1. The van der Waals surface area contributed by atoms with Crippen molar-refractivity contribution in [3.8, 4) is 0 Å². The Bertz CT molecular complexity index is 264. The van der Waals surface area contributed by atoms with Crippen molar-refractivity contribution in [1.82, 2.24) is 4.57 Å². The molecule has 2 heteroatoms. The molecule has 0 bridgehead atoms. The third-order valence-electron chi connectivity index (χ3n) is 2.32. The van der Waals surface area contributed by atoms with E-state index in [1.165, 1.54) is 5.69 Å². The molecule has 2 nitrogen and oxygen atoms in total. The summed E-state index contributed by atoms with van der Waals surface area (Å²) in [4.78, 5) is 10.6. The Morgan fingerprint density at radius 1 is 1.64 bits per heavy atom. The van der Waals surface area contributed by atoms with Gasteiger partial charge in [-0.15, -0.1) is 0 Å². The van der Waals surface area contributed by atoms with Crippen molar-refractivity contribution in [2.45, 2.75) is 25.3 Å². The maximum Gasteiger partial charge on any atom is 0.128 e. The molecular formula is C9H11NO. The molecule has 0 fully saturated rings. The van der Waals surface area contributed by atoms with Crippen LogP contribution in [0.2, 0.25) is 0 Å². The highest BCUT2D eigenvalue weighted by molar-refractivity contribution is 5.61. The summed E-state index contributed by atoms with van der Waals surface area (Å²) in [5, 5.41) is 0. The second kappa shape index (κ2) is 2.53. The van der Waals surface area contributed by atoms with Gasteiger partial charge in [0.25, 0.3) is 0 Å². The number of carbonyl (C=O) groups is 1. The molecular weight excluding hydrogens is 138 g/mol. The average Bonchev–Trinajstić information content (AvgIpc) is 2.50. The molecule has 1 unspecified atom stereocenters. The third kappa shape index (κ3) is 0.985. The molecule has 0 spiro atoms. The number of rotatable bonds is 1. The topological polar surface area (TPSA) is 22.0 Å². The Hall–Kier alpha value is -1.05. The van der Waals surface area contributed by atoms with Gasteiger partial charge in [0.05, 0.1) is 5.92 Å². The van der Waals surface area contributed by atoms with Crippen molar-refractivity contribution in [3.05, 3.63) is 24.0 Å². The summed E-state index contributed by atoms with van der Waals surface area (Å²) in [7, 11) is 0. The molecule has 0 aliphatic carbocycles. The van der Waals surface area contributed by atoms with Gasteiger partial charge >= 0.3 is 0 Å². The molecule has 58 valence electrons. The number of aldehydes is 1. The van der Waals surface area contributed by atoms with E-state index in [-0.39, 0.29) is 5.92 Å². The van der Waals surface area contributed by atoms with Gasteiger partial charge in [0.15, 0.2) is 0 Å². The minimum atomic E-state index is 0.152. The van der Waals surface area contributed by atoms with E-state index in [1.54, 1.807) is 0 Å². The fraction of sp³-hybridized carbons (Fsp3) is 0.444. The van der Waals surface area contributed by atoms with Gasteiger partial charge in [-0.2, -0.15) is 0 Å². The van der Waals surface area contributed by atoms with E-state index in [0.717, 1.165) is 25.7 Å². The maximum absolute atomic E-state index is 10.6. The Labute approximate surface area is 65.8 Å². The van der Waals surface area contributed by atoms with Gasteiger partial charge in [-0.1, -0.05) is 0 Å². The Kier molecular flexibility index (Phi) is 1.53. The second-order valence-electron chi connectivity index (χ2n) is 3.01. The molecule has 11 heavy (non-hydrogen) atoms. The van der Waals surface area contributed by atoms with Crippen LogP contribution in [0.3, 0.4) is 0 Å². The van der Waals surface area contributed by atoms with Crippen LogP contribution < -0.4 is 0 Å². The predicted octanol–water partition coefficient (Wildman–Crippen LogP) is 1.56. The molecule has 1 aliphatic rings. The lowest BCUT2D eigenvalue weighted by Crippen LogP contribution is -2.14. The highest BCUT2D eigenvalue weighted by atomic mass is 16.1. The van der Waals surface area contributed by atoms with Crippen LogP contribution >= 0.6 is 0 Å². The number of hydrogen-bond acceptors (Lipinski definition) is 1. The summed E-state index contributed by atoms with van der Waals surface area (Å²) < 4.78 is 2.17. The van der Waals surface area contributed by atoms with Crippen LogP contribution in [0.4, 0.5) is 0 Å². The van der Waals surface area contributed by atoms with E-state index >= 15 is 0 Å². The summed E-state index contributed by atoms with van der Waals surface area (Å²) >= 11 is 0. The van der Waals surface area contributed by atoms with Gasteiger partial charge in [0.2, 0.25) is 0 Å². The molecule has 0 aromatic carbocycles. The summed E-state index contributed by atoms with van der Waals surface area (Å²) in [5.41, 5.74) is 1.19. The van der Waals surface area contributed by atoms with Crippen LogP contribution in [0.25, 0.3) is 0 Å². The van der Waals surface area contributed by atoms with Crippen molar-refractivity contribution in [1.29, 1.82) is 0 Å². The first-order valence-electron chi connectivity index (χ1n) is 4.02. The molecule has 0 radical (unpaired) electrons. The summed E-state index contributed by atoms with van der Waals surface area (Å²) in [5.74, 6) is 0.152. The van der Waals surface area contributed by atoms with E-state index < -0.39 is 0 Å². The van der Waals surface area contributed by atoms with E-state index in [2.05, 4.69) is 4.57 Å². The number of carbonyl (C=O) groups excluding carboxylic acids is 1. The molecule has 0 saturated heterocycles. The summed E-state index contributed by atoms with van der Waals surface area (Å²) in [6.07, 6.45) is 5.26. The van der Waals surface area contributed by atoms with Crippen molar-refractivity contribution in [2.75, 3.05) is 0 Å². The monoisotopic (exact) mass is 149 g/mol. The van der Waals surface area contributed by atoms with Crippen LogP contribution in [0.1, 0.15) is 24.5 Å². The van der Waals surface area contributed by atoms with Crippen LogP contribution in [0.5, 0.6) is 0 Å². The minimum Gasteiger partial charge on any atom is -0.351 e. The first kappa shape index (κ1) is 6.65. The normalized spacial score (nSPS) is 22.7. The fourth-order valence-corrected chi connectivity index (χ4v) is 1.73. The number of aryl methyl sites for hydroxylation is 1. The van der Waals surface area contributed by atoms with E-state index in [9.17, 15) is 4.79 Å². The van der Waals surface area contributed by atoms with Crippen molar-refractivity contribution in [3.63, 3.8) is 0 Å². The average molecular weight is 149 g/mol. The zero-order chi connectivity index (χ0) is 7.68. The van der Waals surface area contributed by atoms with Gasteiger partial charge in [0, 0.05) is 18.4 Å². The molecule has 2 rings (SSSR count). The largest absolute Gasteiger partial charge is 0.351 e. The second-order valence-corrected chi connectivity index (χ2v) is 3.01. The molecule has 0 amide bonds. The molecule has 0 N–H and O–H groups in total. The highest BCUT2D eigenvalue weighted by Gasteiger charge is 2.17. The fourth-order valence-electron chi connectivity index (χ4n) is 1.73. The quantitative estimate of drug-likeness (QED) is 0.555. The lowest BCUT2D eigenvalue weighted by molar-refractivity contribution is -0.109. The number of nitrogens with zero attached hydrogens (tertiary/aromatic N) is 1.